The Bertz CT molecular complexity index is 1330. The SMILES string of the molecule is CC.CCn1cc(CC2CCCN2C)c2ccc(-n3ccc(OCCc4cccnc4)cc3=O)cc21. The minimum atomic E-state index is -0.0966. The lowest BCUT2D eigenvalue weighted by Gasteiger charge is -2.18. The highest BCUT2D eigenvalue weighted by atomic mass is 16.5. The van der Waals surface area contributed by atoms with Gasteiger partial charge in [0.05, 0.1) is 17.8 Å². The quantitative estimate of drug-likeness (QED) is 0.330. The summed E-state index contributed by atoms with van der Waals surface area (Å²) in [4.78, 5) is 19.5. The van der Waals surface area contributed by atoms with E-state index in [-0.39, 0.29) is 5.56 Å². The Hall–Kier alpha value is -3.38. The van der Waals surface area contributed by atoms with Crippen LogP contribution in [0.15, 0.2) is 72.0 Å². The van der Waals surface area contributed by atoms with Crippen LogP contribution in [-0.2, 0) is 19.4 Å². The summed E-state index contributed by atoms with van der Waals surface area (Å²) in [5, 5.41) is 1.29. The number of pyridine rings is 2. The Morgan fingerprint density at radius 1 is 1.14 bits per heavy atom. The summed E-state index contributed by atoms with van der Waals surface area (Å²) in [6.07, 6.45) is 12.1. The van der Waals surface area contributed by atoms with E-state index in [0.29, 0.717) is 18.4 Å². The minimum Gasteiger partial charge on any atom is -0.493 e. The molecular formula is C30H38N4O2. The molecule has 0 saturated carbocycles. The maximum Gasteiger partial charge on any atom is 0.258 e. The first-order valence-electron chi connectivity index (χ1n) is 13.2. The molecule has 1 saturated heterocycles. The molecule has 1 fully saturated rings. The number of benzene rings is 1. The van der Waals surface area contributed by atoms with Crippen molar-refractivity contribution in [1.82, 2.24) is 19.0 Å². The van der Waals surface area contributed by atoms with E-state index in [1.165, 1.54) is 35.9 Å². The molecular weight excluding hydrogens is 448 g/mol. The van der Waals surface area contributed by atoms with Gasteiger partial charge in [0.1, 0.15) is 5.75 Å². The first-order chi connectivity index (χ1) is 17.6. The molecule has 0 amide bonds. The van der Waals surface area contributed by atoms with Crippen LogP contribution in [0.3, 0.4) is 0 Å². The van der Waals surface area contributed by atoms with Crippen molar-refractivity contribution in [3.8, 4) is 11.4 Å². The Kier molecular flexibility index (Phi) is 8.60. The largest absolute Gasteiger partial charge is 0.493 e. The third-order valence-corrected chi connectivity index (χ3v) is 6.97. The summed E-state index contributed by atoms with van der Waals surface area (Å²) < 4.78 is 9.80. The van der Waals surface area contributed by atoms with Gasteiger partial charge in [-0.25, -0.2) is 0 Å². The minimum absolute atomic E-state index is 0.0966. The molecule has 6 nitrogen and oxygen atoms in total. The summed E-state index contributed by atoms with van der Waals surface area (Å²) in [6.45, 7) is 8.76. The van der Waals surface area contributed by atoms with E-state index in [4.69, 9.17) is 4.74 Å². The zero-order chi connectivity index (χ0) is 25.5. The molecule has 4 aromatic rings. The van der Waals surface area contributed by atoms with E-state index in [1.807, 2.05) is 38.2 Å². The number of aryl methyl sites for hydroxylation is 1. The first kappa shape index (κ1) is 25.7. The lowest BCUT2D eigenvalue weighted by Crippen LogP contribution is -2.26. The number of hydrogen-bond acceptors (Lipinski definition) is 4. The van der Waals surface area contributed by atoms with Crippen molar-refractivity contribution in [2.75, 3.05) is 20.2 Å². The van der Waals surface area contributed by atoms with Crippen molar-refractivity contribution in [3.63, 3.8) is 0 Å². The van der Waals surface area contributed by atoms with Gasteiger partial charge in [0.15, 0.2) is 0 Å². The Labute approximate surface area is 214 Å². The number of rotatable bonds is 8. The van der Waals surface area contributed by atoms with Crippen LogP contribution in [0.1, 0.15) is 44.7 Å². The van der Waals surface area contributed by atoms with Crippen molar-refractivity contribution in [3.05, 3.63) is 88.7 Å². The van der Waals surface area contributed by atoms with Crippen molar-refractivity contribution in [2.45, 2.75) is 59.0 Å². The number of aromatic nitrogens is 3. The number of hydrogen-bond donors (Lipinski definition) is 0. The molecule has 0 spiro atoms. The van der Waals surface area contributed by atoms with Crippen LogP contribution in [0.2, 0.25) is 0 Å². The van der Waals surface area contributed by atoms with E-state index >= 15 is 0 Å². The van der Waals surface area contributed by atoms with Gasteiger partial charge in [-0.2, -0.15) is 0 Å². The predicted octanol–water partition coefficient (Wildman–Crippen LogP) is 5.49. The van der Waals surface area contributed by atoms with Gasteiger partial charge in [-0.3, -0.25) is 14.3 Å². The van der Waals surface area contributed by atoms with Gasteiger partial charge in [-0.1, -0.05) is 26.0 Å². The molecule has 0 N–H and O–H groups in total. The Morgan fingerprint density at radius 2 is 2.00 bits per heavy atom. The fraction of sp³-hybridized carbons (Fsp3) is 0.400. The van der Waals surface area contributed by atoms with Gasteiger partial charge in [0.2, 0.25) is 0 Å². The van der Waals surface area contributed by atoms with Crippen molar-refractivity contribution < 1.29 is 4.74 Å². The molecule has 1 atom stereocenters. The van der Waals surface area contributed by atoms with Crippen LogP contribution < -0.4 is 10.3 Å². The Morgan fingerprint density at radius 3 is 2.69 bits per heavy atom. The second kappa shape index (κ2) is 12.0. The standard InChI is InChI=1S/C28H32N4O2.C2H6/c1-3-31-20-22(16-23-7-5-13-30(23)2)26-9-8-24(17-27(26)31)32-14-10-25(18-28(32)33)34-15-11-21-6-4-12-29-19-21;1-2/h4,6,8-10,12,14,17-20,23H,3,5,7,11,13,15-16H2,1-2H3;1-2H3. The van der Waals surface area contributed by atoms with Gasteiger partial charge in [0, 0.05) is 55.2 Å². The molecule has 1 aliphatic heterocycles. The zero-order valence-electron chi connectivity index (χ0n) is 22.0. The van der Waals surface area contributed by atoms with E-state index < -0.39 is 0 Å². The average molecular weight is 487 g/mol. The third kappa shape index (κ3) is 5.71. The first-order valence-corrected chi connectivity index (χ1v) is 13.2. The molecule has 6 heteroatoms. The Balaban J connectivity index is 0.00000148. The second-order valence-electron chi connectivity index (χ2n) is 9.15. The van der Waals surface area contributed by atoms with Crippen LogP contribution in [0.25, 0.3) is 16.6 Å². The predicted molar refractivity (Wildman–Crippen MR) is 147 cm³/mol. The fourth-order valence-electron chi connectivity index (χ4n) is 5.02. The molecule has 0 radical (unpaired) electrons. The molecule has 190 valence electrons. The molecule has 3 aromatic heterocycles. The summed E-state index contributed by atoms with van der Waals surface area (Å²) in [5.41, 5.74) is 4.46. The van der Waals surface area contributed by atoms with Gasteiger partial charge < -0.3 is 14.2 Å². The molecule has 5 rings (SSSR count). The molecule has 1 aliphatic rings. The summed E-state index contributed by atoms with van der Waals surface area (Å²) in [7, 11) is 2.23. The monoisotopic (exact) mass is 486 g/mol. The van der Waals surface area contributed by atoms with Crippen molar-refractivity contribution in [2.24, 2.45) is 0 Å². The summed E-state index contributed by atoms with van der Waals surface area (Å²) >= 11 is 0. The van der Waals surface area contributed by atoms with Gasteiger partial charge in [-0.05, 0) is 75.2 Å². The van der Waals surface area contributed by atoms with Gasteiger partial charge in [0.25, 0.3) is 5.56 Å². The molecule has 36 heavy (non-hydrogen) atoms. The number of fused-ring (bicyclic) bond motifs is 1. The lowest BCUT2D eigenvalue weighted by molar-refractivity contribution is 0.309. The number of likely N-dealkylation sites (N-methyl/N-ethyl adjacent to an activating group) is 1. The molecule has 1 aromatic carbocycles. The molecule has 0 bridgehead atoms. The van der Waals surface area contributed by atoms with Crippen LogP contribution in [-0.4, -0.2) is 45.3 Å². The van der Waals surface area contributed by atoms with Crippen LogP contribution >= 0.6 is 0 Å². The normalized spacial score (nSPS) is 15.6. The van der Waals surface area contributed by atoms with Gasteiger partial charge in [-0.15, -0.1) is 0 Å². The number of ether oxygens (including phenoxy) is 1. The van der Waals surface area contributed by atoms with Crippen LogP contribution in [0, 0.1) is 0 Å². The number of nitrogens with zero attached hydrogens (tertiary/aromatic N) is 4. The van der Waals surface area contributed by atoms with Crippen molar-refractivity contribution in [1.29, 1.82) is 0 Å². The topological polar surface area (TPSA) is 52.3 Å². The maximum atomic E-state index is 12.9. The summed E-state index contributed by atoms with van der Waals surface area (Å²) in [6, 6.07) is 14.3. The fourth-order valence-corrected chi connectivity index (χ4v) is 5.02. The van der Waals surface area contributed by atoms with Crippen LogP contribution in [0.5, 0.6) is 5.75 Å². The molecule has 0 aliphatic carbocycles. The highest BCUT2D eigenvalue weighted by Crippen LogP contribution is 2.28. The third-order valence-electron chi connectivity index (χ3n) is 6.97. The van der Waals surface area contributed by atoms with Crippen LogP contribution in [0.4, 0.5) is 0 Å². The zero-order valence-corrected chi connectivity index (χ0v) is 22.0. The van der Waals surface area contributed by atoms with Gasteiger partial charge >= 0.3 is 0 Å². The van der Waals surface area contributed by atoms with Crippen molar-refractivity contribution >= 4 is 10.9 Å². The maximum absolute atomic E-state index is 12.9. The smallest absolute Gasteiger partial charge is 0.258 e. The lowest BCUT2D eigenvalue weighted by atomic mass is 10.0. The molecule has 4 heterocycles. The van der Waals surface area contributed by atoms with E-state index in [1.54, 1.807) is 23.0 Å². The average Bonchev–Trinajstić information content (AvgIpc) is 3.48. The second-order valence-corrected chi connectivity index (χ2v) is 9.15. The molecule has 1 unspecified atom stereocenters. The van der Waals surface area contributed by atoms with E-state index in [2.05, 4.69) is 52.8 Å². The highest BCUT2D eigenvalue weighted by Gasteiger charge is 2.22. The van der Waals surface area contributed by atoms with E-state index in [0.717, 1.165) is 30.6 Å². The van der Waals surface area contributed by atoms with E-state index in [9.17, 15) is 4.79 Å². The highest BCUT2D eigenvalue weighted by molar-refractivity contribution is 5.86. The summed E-state index contributed by atoms with van der Waals surface area (Å²) in [5.74, 6) is 0.589. The number of likely N-dealkylation sites (tertiary alicyclic amines) is 1.